The van der Waals surface area contributed by atoms with Gasteiger partial charge in [0.25, 0.3) is 0 Å². The topological polar surface area (TPSA) is 71.2 Å². The number of halogens is 1. The number of carbonyl (C=O) groups is 1. The zero-order chi connectivity index (χ0) is 14.0. The summed E-state index contributed by atoms with van der Waals surface area (Å²) in [4.78, 5) is 18.8. The van der Waals surface area contributed by atoms with Gasteiger partial charge in [-0.25, -0.2) is 4.98 Å². The molecule has 0 aromatic carbocycles. The van der Waals surface area contributed by atoms with Crippen LogP contribution in [0.4, 0.5) is 5.82 Å². The molecular formula is C13H19ClN4O. The van der Waals surface area contributed by atoms with Crippen molar-refractivity contribution in [2.75, 3.05) is 31.9 Å². The number of hydrogen-bond acceptors (Lipinski definition) is 5. The Balaban J connectivity index is 2.28. The van der Waals surface area contributed by atoms with Crippen molar-refractivity contribution in [3.8, 4) is 0 Å². The highest BCUT2D eigenvalue weighted by atomic mass is 35.5. The Labute approximate surface area is 118 Å². The lowest BCUT2D eigenvalue weighted by Crippen LogP contribution is -2.57. The fourth-order valence-corrected chi connectivity index (χ4v) is 2.49. The average Bonchev–Trinajstić information content (AvgIpc) is 2.41. The number of nitrogens with zero attached hydrogens (tertiary/aromatic N) is 2. The number of anilines is 1. The van der Waals surface area contributed by atoms with Crippen molar-refractivity contribution < 1.29 is 4.79 Å². The molecule has 3 N–H and O–H groups in total. The van der Waals surface area contributed by atoms with Crippen molar-refractivity contribution in [3.63, 3.8) is 0 Å². The van der Waals surface area contributed by atoms with E-state index in [9.17, 15) is 4.79 Å². The van der Waals surface area contributed by atoms with E-state index in [0.29, 0.717) is 10.6 Å². The van der Waals surface area contributed by atoms with E-state index in [2.05, 4.69) is 15.2 Å². The second kappa shape index (κ2) is 5.45. The molecule has 0 atom stereocenters. The van der Waals surface area contributed by atoms with E-state index in [-0.39, 0.29) is 11.6 Å². The van der Waals surface area contributed by atoms with Gasteiger partial charge in [-0.15, -0.1) is 0 Å². The van der Waals surface area contributed by atoms with E-state index in [0.717, 1.165) is 26.2 Å². The second-order valence-electron chi connectivity index (χ2n) is 5.21. The minimum absolute atomic E-state index is 0.0399. The molecule has 0 amide bonds. The van der Waals surface area contributed by atoms with Crippen molar-refractivity contribution in [2.45, 2.75) is 19.4 Å². The number of nitrogens with two attached hydrogens (primary N) is 1. The van der Waals surface area contributed by atoms with Crippen molar-refractivity contribution >= 4 is 23.2 Å². The monoisotopic (exact) mass is 282 g/mol. The number of carbonyl (C=O) groups excluding carboxylic acids is 1. The van der Waals surface area contributed by atoms with Gasteiger partial charge < -0.3 is 11.1 Å². The predicted molar refractivity (Wildman–Crippen MR) is 76.5 cm³/mol. The predicted octanol–water partition coefficient (Wildman–Crippen LogP) is 1.18. The van der Waals surface area contributed by atoms with Crippen LogP contribution < -0.4 is 11.1 Å². The van der Waals surface area contributed by atoms with Gasteiger partial charge in [0, 0.05) is 32.4 Å². The van der Waals surface area contributed by atoms with E-state index >= 15 is 0 Å². The quantitative estimate of drug-likeness (QED) is 0.815. The Hall–Kier alpha value is -1.17. The molecule has 1 aliphatic rings. The van der Waals surface area contributed by atoms with E-state index < -0.39 is 5.54 Å². The van der Waals surface area contributed by atoms with Gasteiger partial charge in [0.05, 0.1) is 16.1 Å². The minimum Gasteiger partial charge on any atom is -0.383 e. The molecule has 2 heterocycles. The van der Waals surface area contributed by atoms with Gasteiger partial charge in [-0.1, -0.05) is 11.6 Å². The maximum atomic E-state index is 12.7. The molecule has 0 unspecified atom stereocenters. The lowest BCUT2D eigenvalue weighted by Gasteiger charge is -2.40. The van der Waals surface area contributed by atoms with Crippen LogP contribution in [0.5, 0.6) is 0 Å². The molecule has 6 heteroatoms. The Kier molecular flexibility index (Phi) is 4.08. The third-order valence-electron chi connectivity index (χ3n) is 3.59. The van der Waals surface area contributed by atoms with Crippen LogP contribution in [-0.4, -0.2) is 47.4 Å². The molecule has 19 heavy (non-hydrogen) atoms. The molecule has 1 aromatic heterocycles. The van der Waals surface area contributed by atoms with Gasteiger partial charge >= 0.3 is 0 Å². The number of Topliss-reactive ketones (excluding diaryl/α,β-unsaturated/α-hetero) is 1. The average molecular weight is 283 g/mol. The molecule has 1 saturated heterocycles. The molecule has 5 nitrogen and oxygen atoms in total. The lowest BCUT2D eigenvalue weighted by atomic mass is 9.91. The maximum absolute atomic E-state index is 12.7. The highest BCUT2D eigenvalue weighted by molar-refractivity contribution is 6.31. The largest absolute Gasteiger partial charge is 0.383 e. The third-order valence-corrected chi connectivity index (χ3v) is 3.80. The van der Waals surface area contributed by atoms with E-state index in [1.54, 1.807) is 6.07 Å². The molecule has 1 aliphatic heterocycles. The van der Waals surface area contributed by atoms with Crippen LogP contribution in [-0.2, 0) is 0 Å². The zero-order valence-corrected chi connectivity index (χ0v) is 12.0. The molecule has 0 radical (unpaired) electrons. The van der Waals surface area contributed by atoms with Gasteiger partial charge in [0.2, 0.25) is 0 Å². The number of nitrogen functional groups attached to an aromatic ring is 1. The van der Waals surface area contributed by atoms with E-state index in [1.165, 1.54) is 6.20 Å². The molecule has 0 saturated carbocycles. The van der Waals surface area contributed by atoms with Crippen molar-refractivity contribution in [2.24, 2.45) is 0 Å². The number of hydrogen-bond donors (Lipinski definition) is 2. The summed E-state index contributed by atoms with van der Waals surface area (Å²) in [5.74, 6) is 0.194. The van der Waals surface area contributed by atoms with Gasteiger partial charge in [0.1, 0.15) is 5.82 Å². The van der Waals surface area contributed by atoms with Crippen molar-refractivity contribution in [1.29, 1.82) is 0 Å². The number of piperazine rings is 1. The summed E-state index contributed by atoms with van der Waals surface area (Å²) in [5.41, 5.74) is 5.59. The zero-order valence-electron chi connectivity index (χ0n) is 11.2. The van der Waals surface area contributed by atoms with Crippen LogP contribution in [0.2, 0.25) is 5.02 Å². The molecule has 0 aliphatic carbocycles. The van der Waals surface area contributed by atoms with E-state index in [1.807, 2.05) is 13.8 Å². The summed E-state index contributed by atoms with van der Waals surface area (Å²) in [5, 5.41) is 3.70. The normalized spacial score (nSPS) is 17.4. The first-order valence-corrected chi connectivity index (χ1v) is 6.72. The van der Waals surface area contributed by atoms with Crippen LogP contribution in [0, 0.1) is 0 Å². The standard InChI is InChI=1S/C13H19ClN4O/c1-13(2,18-5-3-16-4-6-18)11(19)10-7-9(14)8-17-12(10)15/h7-8,16H,3-6H2,1-2H3,(H2,15,17). The van der Waals surface area contributed by atoms with Gasteiger partial charge in [-0.3, -0.25) is 9.69 Å². The Bertz CT molecular complexity index is 484. The number of rotatable bonds is 3. The minimum atomic E-state index is -0.609. The number of pyridine rings is 1. The summed E-state index contributed by atoms with van der Waals surface area (Å²) in [6.45, 7) is 7.29. The first kappa shape index (κ1) is 14.2. The highest BCUT2D eigenvalue weighted by Crippen LogP contribution is 2.25. The van der Waals surface area contributed by atoms with Crippen LogP contribution in [0.25, 0.3) is 0 Å². The number of nitrogens with one attached hydrogen (secondary N) is 1. The SMILES string of the molecule is CC(C)(C(=O)c1cc(Cl)cnc1N)N1CCNCC1. The van der Waals surface area contributed by atoms with Crippen LogP contribution in [0.15, 0.2) is 12.3 Å². The van der Waals surface area contributed by atoms with Crippen molar-refractivity contribution in [1.82, 2.24) is 15.2 Å². The van der Waals surface area contributed by atoms with Gasteiger partial charge in [0.15, 0.2) is 5.78 Å². The molecular weight excluding hydrogens is 264 g/mol. The summed E-state index contributed by atoms with van der Waals surface area (Å²) in [7, 11) is 0. The van der Waals surface area contributed by atoms with E-state index in [4.69, 9.17) is 17.3 Å². The van der Waals surface area contributed by atoms with Crippen LogP contribution in [0.3, 0.4) is 0 Å². The Morgan fingerprint density at radius 2 is 2.11 bits per heavy atom. The summed E-state index contributed by atoms with van der Waals surface area (Å²) < 4.78 is 0. The number of ketones is 1. The molecule has 0 bridgehead atoms. The fourth-order valence-electron chi connectivity index (χ4n) is 2.33. The second-order valence-corrected chi connectivity index (χ2v) is 5.65. The number of aromatic nitrogens is 1. The molecule has 1 fully saturated rings. The lowest BCUT2D eigenvalue weighted by molar-refractivity contribution is 0.0603. The molecule has 0 spiro atoms. The van der Waals surface area contributed by atoms with Crippen molar-refractivity contribution in [3.05, 3.63) is 22.8 Å². The first-order chi connectivity index (χ1) is 8.93. The van der Waals surface area contributed by atoms with Gasteiger partial charge in [-0.05, 0) is 19.9 Å². The summed E-state index contributed by atoms with van der Waals surface area (Å²) >= 11 is 5.90. The summed E-state index contributed by atoms with van der Waals surface area (Å²) in [6.07, 6.45) is 1.45. The van der Waals surface area contributed by atoms with Crippen LogP contribution in [0.1, 0.15) is 24.2 Å². The third kappa shape index (κ3) is 2.88. The summed E-state index contributed by atoms with van der Waals surface area (Å²) in [6, 6.07) is 1.59. The smallest absolute Gasteiger partial charge is 0.186 e. The Morgan fingerprint density at radius 1 is 1.47 bits per heavy atom. The van der Waals surface area contributed by atoms with Crippen LogP contribution >= 0.6 is 11.6 Å². The molecule has 2 rings (SSSR count). The maximum Gasteiger partial charge on any atom is 0.186 e. The highest BCUT2D eigenvalue weighted by Gasteiger charge is 2.36. The molecule has 104 valence electrons. The van der Waals surface area contributed by atoms with Gasteiger partial charge in [-0.2, -0.15) is 0 Å². The first-order valence-electron chi connectivity index (χ1n) is 6.34. The molecule has 1 aromatic rings. The fraction of sp³-hybridized carbons (Fsp3) is 0.538. The Morgan fingerprint density at radius 3 is 2.74 bits per heavy atom.